The number of benzene rings is 2. The summed E-state index contributed by atoms with van der Waals surface area (Å²) in [5, 5.41) is 0. The van der Waals surface area contributed by atoms with Crippen LogP contribution in [0.2, 0.25) is 0 Å². The molecule has 0 aliphatic carbocycles. The molecule has 2 aromatic rings. The van der Waals surface area contributed by atoms with E-state index in [4.69, 9.17) is 4.74 Å². The summed E-state index contributed by atoms with van der Waals surface area (Å²) < 4.78 is 19.2. The van der Waals surface area contributed by atoms with Gasteiger partial charge in [0.1, 0.15) is 11.5 Å². The van der Waals surface area contributed by atoms with Crippen LogP contribution < -0.4 is 4.90 Å². The van der Waals surface area contributed by atoms with E-state index < -0.39 is 0 Å². The van der Waals surface area contributed by atoms with Gasteiger partial charge in [-0.3, -0.25) is 14.5 Å². The maximum atomic E-state index is 13.5. The second kappa shape index (κ2) is 7.69. The summed E-state index contributed by atoms with van der Waals surface area (Å²) >= 11 is 0. The molecule has 154 valence electrons. The Kier molecular flexibility index (Phi) is 4.87. The van der Waals surface area contributed by atoms with Crippen LogP contribution in [0.25, 0.3) is 5.57 Å². The maximum absolute atomic E-state index is 13.5. The summed E-state index contributed by atoms with van der Waals surface area (Å²) in [6.45, 7) is 1.57. The minimum Gasteiger partial charge on any atom is -0.376 e. The van der Waals surface area contributed by atoms with Gasteiger partial charge in [-0.05, 0) is 55.0 Å². The molecule has 3 aliphatic heterocycles. The fourth-order valence-electron chi connectivity index (χ4n) is 4.61. The molecular weight excluding hydrogens is 383 g/mol. The number of anilines is 1. The number of aryl methyl sites for hydroxylation is 1. The molecule has 2 amide bonds. The van der Waals surface area contributed by atoms with Crippen LogP contribution >= 0.6 is 0 Å². The minimum atomic E-state index is -0.378. The molecule has 3 heterocycles. The smallest absolute Gasteiger partial charge is 0.278 e. The molecule has 1 atom stereocenters. The number of ether oxygens (including phenoxy) is 1. The highest BCUT2D eigenvalue weighted by atomic mass is 19.1. The topological polar surface area (TPSA) is 49.9 Å². The van der Waals surface area contributed by atoms with Crippen LogP contribution in [-0.4, -0.2) is 42.5 Å². The van der Waals surface area contributed by atoms with Crippen molar-refractivity contribution in [1.82, 2.24) is 4.90 Å². The van der Waals surface area contributed by atoms with Crippen LogP contribution in [0.5, 0.6) is 0 Å². The number of fused-ring (bicyclic) bond motifs is 1. The first kappa shape index (κ1) is 19.0. The molecule has 0 aromatic heterocycles. The van der Waals surface area contributed by atoms with Crippen molar-refractivity contribution in [1.29, 1.82) is 0 Å². The Morgan fingerprint density at radius 3 is 2.57 bits per heavy atom. The SMILES string of the molecule is O=C1C(c2ccc(F)cc2)=C(N2CCCc3ccccc32)C(=O)N1CC1CCCO1. The number of imide groups is 1. The Labute approximate surface area is 174 Å². The van der Waals surface area contributed by atoms with Gasteiger partial charge in [-0.15, -0.1) is 0 Å². The average molecular weight is 406 g/mol. The Balaban J connectivity index is 1.60. The summed E-state index contributed by atoms with van der Waals surface area (Å²) in [4.78, 5) is 30.2. The monoisotopic (exact) mass is 406 g/mol. The van der Waals surface area contributed by atoms with Gasteiger partial charge in [0.15, 0.2) is 0 Å². The van der Waals surface area contributed by atoms with Gasteiger partial charge < -0.3 is 9.64 Å². The number of para-hydroxylation sites is 1. The summed E-state index contributed by atoms with van der Waals surface area (Å²) in [5.41, 5.74) is 3.40. The second-order valence-corrected chi connectivity index (χ2v) is 7.97. The molecule has 0 N–H and O–H groups in total. The largest absolute Gasteiger partial charge is 0.376 e. The Morgan fingerprint density at radius 1 is 1.00 bits per heavy atom. The number of nitrogens with zero attached hydrogens (tertiary/aromatic N) is 2. The lowest BCUT2D eigenvalue weighted by atomic mass is 9.98. The molecule has 0 saturated carbocycles. The van der Waals surface area contributed by atoms with Gasteiger partial charge in [-0.2, -0.15) is 0 Å². The minimum absolute atomic E-state index is 0.125. The van der Waals surface area contributed by atoms with Gasteiger partial charge in [0, 0.05) is 18.8 Å². The summed E-state index contributed by atoms with van der Waals surface area (Å²) in [6.07, 6.45) is 3.48. The van der Waals surface area contributed by atoms with Crippen LogP contribution in [0.3, 0.4) is 0 Å². The van der Waals surface area contributed by atoms with E-state index in [1.807, 2.05) is 23.1 Å². The molecule has 2 aromatic carbocycles. The third-order valence-electron chi connectivity index (χ3n) is 6.07. The normalized spacial score (nSPS) is 21.6. The number of rotatable bonds is 4. The van der Waals surface area contributed by atoms with Gasteiger partial charge in [0.25, 0.3) is 11.8 Å². The Hall–Kier alpha value is -2.99. The van der Waals surface area contributed by atoms with Crippen molar-refractivity contribution in [2.24, 2.45) is 0 Å². The number of hydrogen-bond donors (Lipinski definition) is 0. The first-order chi connectivity index (χ1) is 14.6. The van der Waals surface area contributed by atoms with Gasteiger partial charge >= 0.3 is 0 Å². The highest BCUT2D eigenvalue weighted by molar-refractivity contribution is 6.36. The standard InChI is InChI=1S/C24H23FN2O3/c25-18-11-9-17(10-12-18)21-22(26-13-3-6-16-5-1-2-8-20(16)26)24(29)27(23(21)28)15-19-7-4-14-30-19/h1-2,5,8-12,19H,3-4,6-7,13-15H2. The molecule has 1 saturated heterocycles. The zero-order valence-electron chi connectivity index (χ0n) is 16.6. The molecule has 5 rings (SSSR count). The Bertz CT molecular complexity index is 1030. The van der Waals surface area contributed by atoms with E-state index >= 15 is 0 Å². The highest BCUT2D eigenvalue weighted by Gasteiger charge is 2.43. The zero-order chi connectivity index (χ0) is 20.7. The van der Waals surface area contributed by atoms with E-state index in [-0.39, 0.29) is 30.3 Å². The average Bonchev–Trinajstić information content (AvgIpc) is 3.36. The number of halogens is 1. The predicted molar refractivity (Wildman–Crippen MR) is 111 cm³/mol. The van der Waals surface area contributed by atoms with E-state index in [0.29, 0.717) is 30.0 Å². The lowest BCUT2D eigenvalue weighted by Crippen LogP contribution is -2.40. The lowest BCUT2D eigenvalue weighted by Gasteiger charge is -2.32. The lowest BCUT2D eigenvalue weighted by molar-refractivity contribution is -0.138. The van der Waals surface area contributed by atoms with Crippen molar-refractivity contribution in [3.05, 3.63) is 71.2 Å². The van der Waals surface area contributed by atoms with Crippen LogP contribution in [0.4, 0.5) is 10.1 Å². The number of hydrogen-bond acceptors (Lipinski definition) is 4. The predicted octanol–water partition coefficient (Wildman–Crippen LogP) is 3.54. The quantitative estimate of drug-likeness (QED) is 0.729. The fraction of sp³-hybridized carbons (Fsp3) is 0.333. The molecule has 0 spiro atoms. The van der Waals surface area contributed by atoms with Crippen LogP contribution in [0, 0.1) is 5.82 Å². The molecule has 6 heteroatoms. The summed E-state index contributed by atoms with van der Waals surface area (Å²) in [6, 6.07) is 13.8. The second-order valence-electron chi connectivity index (χ2n) is 7.97. The van der Waals surface area contributed by atoms with Gasteiger partial charge in [-0.1, -0.05) is 30.3 Å². The zero-order valence-corrected chi connectivity index (χ0v) is 16.6. The molecule has 5 nitrogen and oxygen atoms in total. The third-order valence-corrected chi connectivity index (χ3v) is 6.07. The van der Waals surface area contributed by atoms with E-state index in [1.54, 1.807) is 12.1 Å². The number of carbonyl (C=O) groups excluding carboxylic acids is 2. The van der Waals surface area contributed by atoms with E-state index in [0.717, 1.165) is 36.9 Å². The van der Waals surface area contributed by atoms with E-state index in [2.05, 4.69) is 6.07 Å². The van der Waals surface area contributed by atoms with Gasteiger partial charge in [-0.25, -0.2) is 4.39 Å². The molecule has 3 aliphatic rings. The van der Waals surface area contributed by atoms with Crippen molar-refractivity contribution < 1.29 is 18.7 Å². The number of amides is 2. The van der Waals surface area contributed by atoms with Crippen LogP contribution in [0.15, 0.2) is 54.2 Å². The molecule has 1 unspecified atom stereocenters. The first-order valence-electron chi connectivity index (χ1n) is 10.5. The van der Waals surface area contributed by atoms with Gasteiger partial charge in [0.05, 0.1) is 18.2 Å². The first-order valence-corrected chi connectivity index (χ1v) is 10.5. The van der Waals surface area contributed by atoms with Crippen molar-refractivity contribution in [2.75, 3.05) is 24.6 Å². The number of carbonyl (C=O) groups is 2. The van der Waals surface area contributed by atoms with E-state index in [1.165, 1.54) is 17.0 Å². The Morgan fingerprint density at radius 2 is 1.80 bits per heavy atom. The van der Waals surface area contributed by atoms with E-state index in [9.17, 15) is 14.0 Å². The van der Waals surface area contributed by atoms with Crippen molar-refractivity contribution in [3.8, 4) is 0 Å². The summed E-state index contributed by atoms with van der Waals surface area (Å²) in [5.74, 6) is -1.01. The van der Waals surface area contributed by atoms with Crippen molar-refractivity contribution in [2.45, 2.75) is 31.8 Å². The maximum Gasteiger partial charge on any atom is 0.278 e. The van der Waals surface area contributed by atoms with Gasteiger partial charge in [0.2, 0.25) is 0 Å². The van der Waals surface area contributed by atoms with Crippen molar-refractivity contribution in [3.63, 3.8) is 0 Å². The molecule has 1 fully saturated rings. The third kappa shape index (κ3) is 3.21. The molecule has 30 heavy (non-hydrogen) atoms. The summed E-state index contributed by atoms with van der Waals surface area (Å²) in [7, 11) is 0. The van der Waals surface area contributed by atoms with Crippen LogP contribution in [0.1, 0.15) is 30.4 Å². The fourth-order valence-corrected chi connectivity index (χ4v) is 4.61. The molecule has 0 bridgehead atoms. The molecule has 0 radical (unpaired) electrons. The highest BCUT2D eigenvalue weighted by Crippen LogP contribution is 2.38. The molecular formula is C24H23FN2O3. The van der Waals surface area contributed by atoms with Crippen LogP contribution in [-0.2, 0) is 20.7 Å². The van der Waals surface area contributed by atoms with Crippen molar-refractivity contribution >= 4 is 23.1 Å².